The van der Waals surface area contributed by atoms with Crippen molar-refractivity contribution in [3.63, 3.8) is 0 Å². The molecule has 0 aliphatic heterocycles. The average molecular weight is 419 g/mol. The highest BCUT2D eigenvalue weighted by molar-refractivity contribution is 7.16. The van der Waals surface area contributed by atoms with E-state index in [2.05, 4.69) is 9.97 Å². The summed E-state index contributed by atoms with van der Waals surface area (Å²) in [5.41, 5.74) is 0.898. The SMILES string of the molecule is CN(Cc1nc2ccccc2c(=O)[nH]1)C(=O)/C=C/c1ccc(-c2ccccc2F)s1. The number of para-hydroxylation sites is 1. The number of amides is 1. The van der Waals surface area contributed by atoms with Crippen LogP contribution in [0.4, 0.5) is 4.39 Å². The molecule has 0 bridgehead atoms. The number of carbonyl (C=O) groups excluding carboxylic acids is 1. The molecule has 1 N–H and O–H groups in total. The maximum absolute atomic E-state index is 13.9. The third kappa shape index (κ3) is 4.21. The first kappa shape index (κ1) is 19.7. The van der Waals surface area contributed by atoms with Crippen molar-refractivity contribution < 1.29 is 9.18 Å². The van der Waals surface area contributed by atoms with E-state index < -0.39 is 0 Å². The van der Waals surface area contributed by atoms with Gasteiger partial charge in [-0.25, -0.2) is 9.37 Å². The third-order valence-corrected chi connectivity index (χ3v) is 5.67. The van der Waals surface area contributed by atoms with Gasteiger partial charge in [0.05, 0.1) is 17.4 Å². The van der Waals surface area contributed by atoms with Crippen LogP contribution in [0.25, 0.3) is 27.4 Å². The van der Waals surface area contributed by atoms with Gasteiger partial charge in [0, 0.05) is 28.4 Å². The summed E-state index contributed by atoms with van der Waals surface area (Å²) in [7, 11) is 1.64. The lowest BCUT2D eigenvalue weighted by atomic mass is 10.2. The van der Waals surface area contributed by atoms with E-state index >= 15 is 0 Å². The van der Waals surface area contributed by atoms with Crippen LogP contribution < -0.4 is 5.56 Å². The fraction of sp³-hybridized carbons (Fsp3) is 0.0870. The molecule has 4 rings (SSSR count). The number of hydrogen-bond donors (Lipinski definition) is 1. The van der Waals surface area contributed by atoms with Crippen LogP contribution in [0.3, 0.4) is 0 Å². The van der Waals surface area contributed by atoms with Crippen LogP contribution in [0.1, 0.15) is 10.7 Å². The van der Waals surface area contributed by atoms with Crippen molar-refractivity contribution in [2.24, 2.45) is 0 Å². The summed E-state index contributed by atoms with van der Waals surface area (Å²) in [6.45, 7) is 0.175. The van der Waals surface area contributed by atoms with E-state index in [0.29, 0.717) is 22.3 Å². The molecule has 0 aliphatic carbocycles. The maximum Gasteiger partial charge on any atom is 0.258 e. The van der Waals surface area contributed by atoms with Gasteiger partial charge in [-0.2, -0.15) is 0 Å². The zero-order chi connectivity index (χ0) is 21.1. The van der Waals surface area contributed by atoms with E-state index in [-0.39, 0.29) is 23.8 Å². The summed E-state index contributed by atoms with van der Waals surface area (Å²) >= 11 is 1.40. The Morgan fingerprint density at radius 3 is 2.73 bits per heavy atom. The number of hydrogen-bond acceptors (Lipinski definition) is 4. The number of H-pyrrole nitrogens is 1. The van der Waals surface area contributed by atoms with Crippen molar-refractivity contribution in [1.29, 1.82) is 0 Å². The summed E-state index contributed by atoms with van der Waals surface area (Å²) in [6.07, 6.45) is 3.15. The molecule has 0 saturated heterocycles. The van der Waals surface area contributed by atoms with Gasteiger partial charge in [-0.15, -0.1) is 11.3 Å². The second-order valence-electron chi connectivity index (χ2n) is 6.74. The van der Waals surface area contributed by atoms with Gasteiger partial charge in [-0.05, 0) is 36.4 Å². The fourth-order valence-corrected chi connectivity index (χ4v) is 3.98. The highest BCUT2D eigenvalue weighted by Crippen LogP contribution is 2.30. The number of benzene rings is 2. The quantitative estimate of drug-likeness (QED) is 0.486. The molecule has 5 nitrogen and oxygen atoms in total. The van der Waals surface area contributed by atoms with Crippen LogP contribution in [0.2, 0.25) is 0 Å². The van der Waals surface area contributed by atoms with Gasteiger partial charge in [-0.1, -0.05) is 30.3 Å². The molecule has 0 saturated carbocycles. The van der Waals surface area contributed by atoms with Gasteiger partial charge in [0.1, 0.15) is 11.6 Å². The van der Waals surface area contributed by atoms with E-state index in [1.54, 1.807) is 49.5 Å². The minimum absolute atomic E-state index is 0.175. The number of likely N-dealkylation sites (N-methyl/N-ethyl adjacent to an activating group) is 1. The first-order valence-electron chi connectivity index (χ1n) is 9.27. The smallest absolute Gasteiger partial charge is 0.258 e. The summed E-state index contributed by atoms with van der Waals surface area (Å²) < 4.78 is 13.9. The minimum atomic E-state index is -0.275. The first-order chi connectivity index (χ1) is 14.5. The van der Waals surface area contributed by atoms with Crippen LogP contribution in [0.15, 0.2) is 71.5 Å². The Morgan fingerprint density at radius 1 is 1.13 bits per heavy atom. The van der Waals surface area contributed by atoms with Crippen molar-refractivity contribution in [3.05, 3.63) is 93.6 Å². The number of aromatic nitrogens is 2. The molecule has 0 spiro atoms. The van der Waals surface area contributed by atoms with Gasteiger partial charge in [0.25, 0.3) is 5.56 Å². The number of halogens is 1. The summed E-state index contributed by atoms with van der Waals surface area (Å²) in [4.78, 5) is 34.9. The molecule has 2 aromatic carbocycles. The molecule has 0 aliphatic rings. The third-order valence-electron chi connectivity index (χ3n) is 4.58. The van der Waals surface area contributed by atoms with Crippen molar-refractivity contribution in [2.45, 2.75) is 6.54 Å². The number of nitrogens with one attached hydrogen (secondary N) is 1. The molecular weight excluding hydrogens is 401 g/mol. The van der Waals surface area contributed by atoms with Crippen molar-refractivity contribution in [2.75, 3.05) is 7.05 Å². The maximum atomic E-state index is 13.9. The molecule has 4 aromatic rings. The Balaban J connectivity index is 1.46. The van der Waals surface area contributed by atoms with Crippen LogP contribution in [-0.4, -0.2) is 27.8 Å². The molecule has 30 heavy (non-hydrogen) atoms. The fourth-order valence-electron chi connectivity index (χ4n) is 3.04. The van der Waals surface area contributed by atoms with E-state index in [9.17, 15) is 14.0 Å². The molecule has 0 fully saturated rings. The lowest BCUT2D eigenvalue weighted by Gasteiger charge is -2.14. The van der Waals surface area contributed by atoms with Crippen molar-refractivity contribution in [3.8, 4) is 10.4 Å². The molecule has 0 unspecified atom stereocenters. The number of nitrogens with zero attached hydrogens (tertiary/aromatic N) is 2. The zero-order valence-electron chi connectivity index (χ0n) is 16.1. The van der Waals surface area contributed by atoms with E-state index in [4.69, 9.17) is 0 Å². The molecule has 2 heterocycles. The Hall–Kier alpha value is -3.58. The van der Waals surface area contributed by atoms with Crippen LogP contribution in [0, 0.1) is 5.82 Å². The molecular formula is C23H18FN3O2S. The zero-order valence-corrected chi connectivity index (χ0v) is 16.9. The molecule has 150 valence electrons. The predicted octanol–water partition coefficient (Wildman–Crippen LogP) is 4.46. The average Bonchev–Trinajstić information content (AvgIpc) is 3.21. The number of aromatic amines is 1. The highest BCUT2D eigenvalue weighted by Gasteiger charge is 2.10. The minimum Gasteiger partial charge on any atom is -0.335 e. The molecule has 1 amide bonds. The second kappa shape index (κ2) is 8.42. The second-order valence-corrected chi connectivity index (χ2v) is 7.85. The molecule has 0 atom stereocenters. The van der Waals surface area contributed by atoms with Crippen molar-refractivity contribution >= 4 is 34.2 Å². The van der Waals surface area contributed by atoms with Crippen LogP contribution >= 0.6 is 11.3 Å². The predicted molar refractivity (Wildman–Crippen MR) is 118 cm³/mol. The van der Waals surface area contributed by atoms with E-state index in [1.165, 1.54) is 28.4 Å². The summed E-state index contributed by atoms with van der Waals surface area (Å²) in [5.74, 6) is -0.0878. The largest absolute Gasteiger partial charge is 0.335 e. The lowest BCUT2D eigenvalue weighted by molar-refractivity contribution is -0.125. The van der Waals surface area contributed by atoms with Gasteiger partial charge in [0.2, 0.25) is 5.91 Å². The number of rotatable bonds is 5. The van der Waals surface area contributed by atoms with Gasteiger partial charge in [0.15, 0.2) is 0 Å². The number of carbonyl (C=O) groups is 1. The van der Waals surface area contributed by atoms with Gasteiger partial charge >= 0.3 is 0 Å². The monoisotopic (exact) mass is 419 g/mol. The Bertz CT molecular complexity index is 1310. The van der Waals surface area contributed by atoms with Crippen LogP contribution in [-0.2, 0) is 11.3 Å². The van der Waals surface area contributed by atoms with Gasteiger partial charge in [-0.3, -0.25) is 9.59 Å². The summed E-state index contributed by atoms with van der Waals surface area (Å²) in [6, 6.07) is 17.3. The summed E-state index contributed by atoms with van der Waals surface area (Å²) in [5, 5.41) is 0.512. The normalized spacial score (nSPS) is 11.3. The number of thiophene rings is 1. The van der Waals surface area contributed by atoms with Gasteiger partial charge < -0.3 is 9.88 Å². The lowest BCUT2D eigenvalue weighted by Crippen LogP contribution is -2.26. The topological polar surface area (TPSA) is 66.1 Å². The molecule has 2 aromatic heterocycles. The number of fused-ring (bicyclic) bond motifs is 1. The Labute approximate surface area is 176 Å². The molecule has 0 radical (unpaired) electrons. The van der Waals surface area contributed by atoms with Crippen molar-refractivity contribution in [1.82, 2.24) is 14.9 Å². The van der Waals surface area contributed by atoms with E-state index in [0.717, 1.165) is 9.75 Å². The Kier molecular flexibility index (Phi) is 5.54. The van der Waals surface area contributed by atoms with E-state index in [1.807, 2.05) is 18.2 Å². The molecule has 7 heteroatoms. The van der Waals surface area contributed by atoms with Crippen LogP contribution in [0.5, 0.6) is 0 Å². The Morgan fingerprint density at radius 2 is 1.90 bits per heavy atom. The standard InChI is InChI=1S/C23H18FN3O2S/c1-27(14-21-25-19-9-5-3-7-17(19)23(29)26-21)22(28)13-11-15-10-12-20(30-15)16-6-2-4-8-18(16)24/h2-13H,14H2,1H3,(H,25,26,29)/b13-11+. The highest BCUT2D eigenvalue weighted by atomic mass is 32.1. The first-order valence-corrected chi connectivity index (χ1v) is 10.1.